The maximum Gasteiger partial charge on any atom is 0.270 e. The van der Waals surface area contributed by atoms with Crippen molar-refractivity contribution in [3.05, 3.63) is 83.7 Å². The average Bonchev–Trinajstić information content (AvgIpc) is 2.63. The molecule has 0 fully saturated rings. The van der Waals surface area contributed by atoms with Crippen LogP contribution in [0.5, 0.6) is 0 Å². The van der Waals surface area contributed by atoms with Crippen LogP contribution in [0, 0.1) is 11.6 Å². The lowest BCUT2D eigenvalue weighted by atomic mass is 10.2. The van der Waals surface area contributed by atoms with Crippen LogP contribution >= 0.6 is 0 Å². The van der Waals surface area contributed by atoms with Crippen LogP contribution in [0.15, 0.2) is 60.8 Å². The number of rotatable bonds is 5. The van der Waals surface area contributed by atoms with Gasteiger partial charge in [-0.15, -0.1) is 0 Å². The normalized spacial score (nSPS) is 10.3. The van der Waals surface area contributed by atoms with Crippen LogP contribution in [0.2, 0.25) is 0 Å². The second-order valence-electron chi connectivity index (χ2n) is 5.18. The molecule has 7 heteroatoms. The van der Waals surface area contributed by atoms with Crippen molar-refractivity contribution in [2.75, 3.05) is 5.32 Å². The highest BCUT2D eigenvalue weighted by atomic mass is 19.1. The predicted molar refractivity (Wildman–Crippen MR) is 89.3 cm³/mol. The van der Waals surface area contributed by atoms with Gasteiger partial charge in [-0.1, -0.05) is 30.3 Å². The zero-order chi connectivity index (χ0) is 17.6. The Hall–Kier alpha value is -3.35. The minimum Gasteiger partial charge on any atom is -0.347 e. The number of hydrogen-bond acceptors (Lipinski definition) is 4. The van der Waals surface area contributed by atoms with Crippen molar-refractivity contribution in [2.24, 2.45) is 0 Å². The summed E-state index contributed by atoms with van der Waals surface area (Å²) >= 11 is 0. The largest absolute Gasteiger partial charge is 0.347 e. The summed E-state index contributed by atoms with van der Waals surface area (Å²) in [5.74, 6) is -1.80. The average molecular weight is 340 g/mol. The summed E-state index contributed by atoms with van der Waals surface area (Å²) in [6.45, 7) is 0.360. The van der Waals surface area contributed by atoms with E-state index in [1.165, 1.54) is 18.3 Å². The Morgan fingerprint density at radius 2 is 1.84 bits per heavy atom. The van der Waals surface area contributed by atoms with Gasteiger partial charge in [0.1, 0.15) is 17.3 Å². The van der Waals surface area contributed by atoms with Crippen LogP contribution < -0.4 is 10.6 Å². The highest BCUT2D eigenvalue weighted by Gasteiger charge is 2.10. The molecule has 5 nitrogen and oxygen atoms in total. The molecule has 0 aliphatic heterocycles. The quantitative estimate of drug-likeness (QED) is 0.747. The standard InChI is InChI=1S/C18H14F2N4O/c19-13-6-7-15(14(20)10-13)23-18-21-9-8-16(24-18)17(25)22-11-12-4-2-1-3-5-12/h1-10H,11H2,(H,22,25)(H,21,23,24). The molecular formula is C18H14F2N4O. The number of carbonyl (C=O) groups excluding carboxylic acids is 1. The van der Waals surface area contributed by atoms with Gasteiger partial charge < -0.3 is 10.6 Å². The summed E-state index contributed by atoms with van der Waals surface area (Å²) in [6, 6.07) is 14.0. The number of nitrogens with one attached hydrogen (secondary N) is 2. The highest BCUT2D eigenvalue weighted by Crippen LogP contribution is 2.18. The van der Waals surface area contributed by atoms with E-state index in [4.69, 9.17) is 0 Å². The van der Waals surface area contributed by atoms with Crippen LogP contribution in [-0.2, 0) is 6.54 Å². The fourth-order valence-electron chi connectivity index (χ4n) is 2.13. The molecule has 0 atom stereocenters. The lowest BCUT2D eigenvalue weighted by Crippen LogP contribution is -2.24. The first-order valence-corrected chi connectivity index (χ1v) is 7.49. The van der Waals surface area contributed by atoms with Gasteiger partial charge >= 0.3 is 0 Å². The Labute approximate surface area is 142 Å². The van der Waals surface area contributed by atoms with E-state index >= 15 is 0 Å². The van der Waals surface area contributed by atoms with Gasteiger partial charge in [0.2, 0.25) is 5.95 Å². The van der Waals surface area contributed by atoms with Crippen LogP contribution in [0.1, 0.15) is 16.1 Å². The maximum atomic E-state index is 13.7. The molecule has 0 radical (unpaired) electrons. The Balaban J connectivity index is 1.69. The Morgan fingerprint density at radius 3 is 2.60 bits per heavy atom. The van der Waals surface area contributed by atoms with Crippen molar-refractivity contribution in [3.8, 4) is 0 Å². The topological polar surface area (TPSA) is 66.9 Å². The van der Waals surface area contributed by atoms with Crippen LogP contribution in [0.4, 0.5) is 20.4 Å². The first-order valence-electron chi connectivity index (χ1n) is 7.49. The van der Waals surface area contributed by atoms with Crippen molar-refractivity contribution in [3.63, 3.8) is 0 Å². The SMILES string of the molecule is O=C(NCc1ccccc1)c1ccnc(Nc2ccc(F)cc2F)n1. The number of hydrogen-bond donors (Lipinski definition) is 2. The molecule has 0 bridgehead atoms. The lowest BCUT2D eigenvalue weighted by Gasteiger charge is -2.08. The fourth-order valence-corrected chi connectivity index (χ4v) is 2.13. The third-order valence-corrected chi connectivity index (χ3v) is 3.36. The molecule has 3 rings (SSSR count). The molecule has 0 aliphatic carbocycles. The third-order valence-electron chi connectivity index (χ3n) is 3.36. The van der Waals surface area contributed by atoms with E-state index in [0.717, 1.165) is 17.7 Å². The molecular weight excluding hydrogens is 326 g/mol. The number of halogens is 2. The summed E-state index contributed by atoms with van der Waals surface area (Å²) in [5.41, 5.74) is 1.11. The molecule has 1 heterocycles. The summed E-state index contributed by atoms with van der Waals surface area (Å²) in [7, 11) is 0. The van der Waals surface area contributed by atoms with E-state index in [9.17, 15) is 13.6 Å². The summed E-state index contributed by atoms with van der Waals surface area (Å²) < 4.78 is 26.6. The first-order chi connectivity index (χ1) is 12.1. The molecule has 0 unspecified atom stereocenters. The minimum absolute atomic E-state index is 0.0169. The van der Waals surface area contributed by atoms with E-state index in [2.05, 4.69) is 20.6 Å². The summed E-state index contributed by atoms with van der Waals surface area (Å²) in [4.78, 5) is 20.2. The first kappa shape index (κ1) is 16.5. The van der Waals surface area contributed by atoms with Gasteiger partial charge in [-0.25, -0.2) is 18.7 Å². The monoisotopic (exact) mass is 340 g/mol. The second-order valence-corrected chi connectivity index (χ2v) is 5.18. The molecule has 25 heavy (non-hydrogen) atoms. The summed E-state index contributed by atoms with van der Waals surface area (Å²) in [6.07, 6.45) is 1.38. The number of amides is 1. The van der Waals surface area contributed by atoms with E-state index < -0.39 is 11.6 Å². The van der Waals surface area contributed by atoms with Crippen molar-refractivity contribution >= 4 is 17.5 Å². The Bertz CT molecular complexity index is 887. The van der Waals surface area contributed by atoms with E-state index in [1.54, 1.807) is 0 Å². The van der Waals surface area contributed by atoms with E-state index in [1.807, 2.05) is 30.3 Å². The molecule has 126 valence electrons. The number of anilines is 2. The van der Waals surface area contributed by atoms with Gasteiger partial charge in [-0.2, -0.15) is 0 Å². The van der Waals surface area contributed by atoms with E-state index in [0.29, 0.717) is 6.54 Å². The van der Waals surface area contributed by atoms with Crippen LogP contribution in [0.3, 0.4) is 0 Å². The van der Waals surface area contributed by atoms with Gasteiger partial charge in [0.25, 0.3) is 5.91 Å². The summed E-state index contributed by atoms with van der Waals surface area (Å²) in [5, 5.41) is 5.37. The van der Waals surface area contributed by atoms with Gasteiger partial charge in [-0.3, -0.25) is 4.79 Å². The number of carbonyl (C=O) groups is 1. The van der Waals surface area contributed by atoms with Gasteiger partial charge in [0.05, 0.1) is 5.69 Å². The molecule has 2 N–H and O–H groups in total. The van der Waals surface area contributed by atoms with Gasteiger partial charge in [-0.05, 0) is 23.8 Å². The molecule has 0 saturated carbocycles. The highest BCUT2D eigenvalue weighted by molar-refractivity contribution is 5.92. The van der Waals surface area contributed by atoms with Gasteiger partial charge in [0.15, 0.2) is 0 Å². The predicted octanol–water partition coefficient (Wildman–Crippen LogP) is 3.43. The molecule has 3 aromatic rings. The van der Waals surface area contributed by atoms with E-state index in [-0.39, 0.29) is 23.2 Å². The van der Waals surface area contributed by atoms with Crippen LogP contribution in [0.25, 0.3) is 0 Å². The zero-order valence-corrected chi connectivity index (χ0v) is 13.0. The Kier molecular flexibility index (Phi) is 4.94. The zero-order valence-electron chi connectivity index (χ0n) is 13.0. The van der Waals surface area contributed by atoms with Crippen molar-refractivity contribution in [1.29, 1.82) is 0 Å². The number of nitrogens with zero attached hydrogens (tertiary/aromatic N) is 2. The van der Waals surface area contributed by atoms with Crippen molar-refractivity contribution in [1.82, 2.24) is 15.3 Å². The molecule has 0 saturated heterocycles. The number of aromatic nitrogens is 2. The van der Waals surface area contributed by atoms with Crippen molar-refractivity contribution in [2.45, 2.75) is 6.54 Å². The number of benzene rings is 2. The second kappa shape index (κ2) is 7.48. The van der Waals surface area contributed by atoms with Gasteiger partial charge in [0, 0.05) is 18.8 Å². The smallest absolute Gasteiger partial charge is 0.270 e. The molecule has 1 aromatic heterocycles. The Morgan fingerprint density at radius 1 is 1.04 bits per heavy atom. The van der Waals surface area contributed by atoms with Crippen molar-refractivity contribution < 1.29 is 13.6 Å². The minimum atomic E-state index is -0.775. The lowest BCUT2D eigenvalue weighted by molar-refractivity contribution is 0.0946. The molecule has 0 aliphatic rings. The molecule has 0 spiro atoms. The third kappa shape index (κ3) is 4.35. The fraction of sp³-hybridized carbons (Fsp3) is 0.0556. The maximum absolute atomic E-state index is 13.7. The van der Waals surface area contributed by atoms with Crippen LogP contribution in [-0.4, -0.2) is 15.9 Å². The molecule has 2 aromatic carbocycles. The molecule has 1 amide bonds.